The van der Waals surface area contributed by atoms with E-state index < -0.39 is 0 Å². The van der Waals surface area contributed by atoms with Gasteiger partial charge in [0.25, 0.3) is 0 Å². The monoisotopic (exact) mass is 239 g/mol. The summed E-state index contributed by atoms with van der Waals surface area (Å²) in [6.45, 7) is 0. The van der Waals surface area contributed by atoms with E-state index in [1.807, 2.05) is 12.3 Å². The fourth-order valence-corrected chi connectivity index (χ4v) is 2.61. The van der Waals surface area contributed by atoms with E-state index in [4.69, 9.17) is 5.73 Å². The first kappa shape index (κ1) is 10.3. The fraction of sp³-hybridized carbons (Fsp3) is 0.400. The van der Waals surface area contributed by atoms with Crippen LogP contribution in [0, 0.1) is 0 Å². The minimum atomic E-state index is -0.143. The molecule has 1 heterocycles. The third-order valence-electron chi connectivity index (χ3n) is 4.01. The molecular weight excluding hydrogens is 222 g/mol. The second kappa shape index (κ2) is 3.45. The van der Waals surface area contributed by atoms with E-state index in [9.17, 15) is 0 Å². The summed E-state index contributed by atoms with van der Waals surface area (Å²) < 4.78 is 2.39. The zero-order valence-corrected chi connectivity index (χ0v) is 10.3. The Bertz CT molecular complexity index is 577. The summed E-state index contributed by atoms with van der Waals surface area (Å²) in [6, 6.07) is 11.1. The number of rotatable bonds is 3. The molecule has 2 fully saturated rings. The molecule has 0 spiro atoms. The predicted octanol–water partition coefficient (Wildman–Crippen LogP) is 2.83. The summed E-state index contributed by atoms with van der Waals surface area (Å²) in [5.74, 6) is 1.10. The molecule has 0 amide bonds. The SMILES string of the molecule is NC1(c2ncc(-c3ccccc3)n2C2CC2)CC1. The molecule has 0 saturated heterocycles. The van der Waals surface area contributed by atoms with Crippen molar-refractivity contribution in [1.82, 2.24) is 9.55 Å². The highest BCUT2D eigenvalue weighted by Gasteiger charge is 2.46. The van der Waals surface area contributed by atoms with E-state index in [0.29, 0.717) is 6.04 Å². The number of aromatic nitrogens is 2. The van der Waals surface area contributed by atoms with Crippen LogP contribution in [-0.4, -0.2) is 9.55 Å². The lowest BCUT2D eigenvalue weighted by Crippen LogP contribution is -2.24. The van der Waals surface area contributed by atoms with E-state index in [1.54, 1.807) is 0 Å². The van der Waals surface area contributed by atoms with E-state index in [0.717, 1.165) is 18.7 Å². The number of nitrogens with two attached hydrogens (primary N) is 1. The standard InChI is InChI=1S/C15H17N3/c16-15(8-9-15)14-17-10-13(18(14)12-6-7-12)11-4-2-1-3-5-11/h1-5,10,12H,6-9,16H2. The van der Waals surface area contributed by atoms with E-state index >= 15 is 0 Å². The third-order valence-corrected chi connectivity index (χ3v) is 4.01. The van der Waals surface area contributed by atoms with Crippen LogP contribution in [0.15, 0.2) is 36.5 Å². The van der Waals surface area contributed by atoms with Gasteiger partial charge in [0, 0.05) is 6.04 Å². The lowest BCUT2D eigenvalue weighted by molar-refractivity contribution is 0.591. The first-order chi connectivity index (χ1) is 8.78. The number of imidazole rings is 1. The van der Waals surface area contributed by atoms with Crippen molar-refractivity contribution in [3.8, 4) is 11.3 Å². The summed E-state index contributed by atoms with van der Waals surface area (Å²) in [5, 5.41) is 0. The molecular formula is C15H17N3. The van der Waals surface area contributed by atoms with Crippen molar-refractivity contribution in [2.75, 3.05) is 0 Å². The van der Waals surface area contributed by atoms with Gasteiger partial charge in [0.2, 0.25) is 0 Å². The van der Waals surface area contributed by atoms with Crippen molar-refractivity contribution >= 4 is 0 Å². The Labute approximate surface area is 107 Å². The lowest BCUT2D eigenvalue weighted by atomic mass is 10.1. The molecule has 2 aromatic rings. The first-order valence-corrected chi connectivity index (χ1v) is 6.70. The Kier molecular flexibility index (Phi) is 1.98. The van der Waals surface area contributed by atoms with Crippen LogP contribution in [0.25, 0.3) is 11.3 Å². The first-order valence-electron chi connectivity index (χ1n) is 6.70. The highest BCUT2D eigenvalue weighted by molar-refractivity contribution is 5.60. The van der Waals surface area contributed by atoms with E-state index in [1.165, 1.54) is 24.1 Å². The maximum absolute atomic E-state index is 6.34. The van der Waals surface area contributed by atoms with E-state index in [2.05, 4.69) is 33.8 Å². The van der Waals surface area contributed by atoms with Crippen LogP contribution in [0.5, 0.6) is 0 Å². The van der Waals surface area contributed by atoms with Gasteiger partial charge in [0.15, 0.2) is 0 Å². The smallest absolute Gasteiger partial charge is 0.129 e. The number of hydrogen-bond donors (Lipinski definition) is 1. The average molecular weight is 239 g/mol. The molecule has 4 rings (SSSR count). The Morgan fingerprint density at radius 1 is 1.17 bits per heavy atom. The largest absolute Gasteiger partial charge is 0.323 e. The predicted molar refractivity (Wildman–Crippen MR) is 71.0 cm³/mol. The van der Waals surface area contributed by atoms with Crippen molar-refractivity contribution in [2.24, 2.45) is 5.73 Å². The minimum Gasteiger partial charge on any atom is -0.323 e. The van der Waals surface area contributed by atoms with Crippen LogP contribution >= 0.6 is 0 Å². The Balaban J connectivity index is 1.86. The number of hydrogen-bond acceptors (Lipinski definition) is 2. The summed E-state index contributed by atoms with van der Waals surface area (Å²) >= 11 is 0. The highest BCUT2D eigenvalue weighted by Crippen LogP contribution is 2.48. The Hall–Kier alpha value is -1.61. The van der Waals surface area contributed by atoms with Gasteiger partial charge in [-0.3, -0.25) is 0 Å². The average Bonchev–Trinajstić information content (AvgIpc) is 3.32. The molecule has 1 aromatic carbocycles. The van der Waals surface area contributed by atoms with Crippen molar-refractivity contribution in [2.45, 2.75) is 37.3 Å². The molecule has 0 atom stereocenters. The van der Waals surface area contributed by atoms with Crippen LogP contribution in [0.4, 0.5) is 0 Å². The molecule has 0 aliphatic heterocycles. The van der Waals surface area contributed by atoms with Gasteiger partial charge >= 0.3 is 0 Å². The second-order valence-corrected chi connectivity index (χ2v) is 5.59. The van der Waals surface area contributed by atoms with Crippen LogP contribution in [0.3, 0.4) is 0 Å². The molecule has 3 nitrogen and oxygen atoms in total. The summed E-state index contributed by atoms with van der Waals surface area (Å²) in [5.41, 5.74) is 8.67. The molecule has 0 bridgehead atoms. The van der Waals surface area contributed by atoms with Gasteiger partial charge in [-0.05, 0) is 31.2 Å². The second-order valence-electron chi connectivity index (χ2n) is 5.59. The number of nitrogens with zero attached hydrogens (tertiary/aromatic N) is 2. The van der Waals surface area contributed by atoms with Crippen molar-refractivity contribution < 1.29 is 0 Å². The molecule has 18 heavy (non-hydrogen) atoms. The number of benzene rings is 1. The topological polar surface area (TPSA) is 43.8 Å². The van der Waals surface area contributed by atoms with Crippen molar-refractivity contribution in [3.05, 3.63) is 42.4 Å². The lowest BCUT2D eigenvalue weighted by Gasteiger charge is -2.14. The summed E-state index contributed by atoms with van der Waals surface area (Å²) in [6.07, 6.45) is 6.67. The quantitative estimate of drug-likeness (QED) is 0.895. The van der Waals surface area contributed by atoms with Gasteiger partial charge in [-0.25, -0.2) is 4.98 Å². The Morgan fingerprint density at radius 3 is 2.50 bits per heavy atom. The summed E-state index contributed by atoms with van der Waals surface area (Å²) in [4.78, 5) is 4.63. The molecule has 1 aromatic heterocycles. The van der Waals surface area contributed by atoms with Gasteiger partial charge in [0.1, 0.15) is 5.82 Å². The zero-order valence-electron chi connectivity index (χ0n) is 10.3. The summed E-state index contributed by atoms with van der Waals surface area (Å²) in [7, 11) is 0. The zero-order chi connectivity index (χ0) is 12.2. The van der Waals surface area contributed by atoms with Gasteiger partial charge in [-0.1, -0.05) is 30.3 Å². The minimum absolute atomic E-state index is 0.143. The molecule has 0 unspecified atom stereocenters. The van der Waals surface area contributed by atoms with Crippen LogP contribution in [-0.2, 0) is 5.54 Å². The molecule has 2 saturated carbocycles. The van der Waals surface area contributed by atoms with Crippen LogP contribution < -0.4 is 5.73 Å². The van der Waals surface area contributed by atoms with Crippen LogP contribution in [0.1, 0.15) is 37.5 Å². The maximum atomic E-state index is 6.34. The third kappa shape index (κ3) is 1.51. The van der Waals surface area contributed by atoms with Gasteiger partial charge in [-0.2, -0.15) is 0 Å². The molecule has 2 aliphatic carbocycles. The Morgan fingerprint density at radius 2 is 1.89 bits per heavy atom. The van der Waals surface area contributed by atoms with Gasteiger partial charge < -0.3 is 10.3 Å². The van der Waals surface area contributed by atoms with Crippen molar-refractivity contribution in [1.29, 1.82) is 0 Å². The molecule has 2 aliphatic rings. The van der Waals surface area contributed by atoms with Gasteiger partial charge in [-0.15, -0.1) is 0 Å². The molecule has 0 radical (unpaired) electrons. The van der Waals surface area contributed by atoms with E-state index in [-0.39, 0.29) is 5.54 Å². The van der Waals surface area contributed by atoms with Crippen LogP contribution in [0.2, 0.25) is 0 Å². The molecule has 3 heteroatoms. The van der Waals surface area contributed by atoms with Gasteiger partial charge in [0.05, 0.1) is 17.4 Å². The highest BCUT2D eigenvalue weighted by atomic mass is 15.2. The normalized spacial score (nSPS) is 20.9. The fourth-order valence-electron chi connectivity index (χ4n) is 2.61. The maximum Gasteiger partial charge on any atom is 0.129 e. The molecule has 92 valence electrons. The molecule has 2 N–H and O–H groups in total. The van der Waals surface area contributed by atoms with Crippen molar-refractivity contribution in [3.63, 3.8) is 0 Å².